The van der Waals surface area contributed by atoms with Crippen LogP contribution in [-0.4, -0.2) is 11.0 Å². The van der Waals surface area contributed by atoms with Gasteiger partial charge in [-0.25, -0.2) is 0 Å². The maximum Gasteiger partial charge on any atom is 0.257 e. The number of rotatable bonds is 3. The summed E-state index contributed by atoms with van der Waals surface area (Å²) in [5.74, 6) is -0.240. The number of hydrogen-bond acceptors (Lipinski definition) is 3. The van der Waals surface area contributed by atoms with Crippen molar-refractivity contribution in [3.05, 3.63) is 64.7 Å². The first kappa shape index (κ1) is 16.7. The minimum absolute atomic E-state index is 0.238. The Morgan fingerprint density at radius 1 is 1.13 bits per heavy atom. The fourth-order valence-electron chi connectivity index (χ4n) is 2.24. The summed E-state index contributed by atoms with van der Waals surface area (Å²) in [4.78, 5) is 12.2. The molecule has 2 aromatic carbocycles. The molecule has 0 radical (unpaired) electrons. The number of carbonyl (C=O) groups is 1. The Kier molecular flexibility index (Phi) is 5.45. The Bertz CT molecular complexity index is 756. The molecule has 2 rings (SSSR count). The van der Waals surface area contributed by atoms with Crippen molar-refractivity contribution in [3.63, 3.8) is 0 Å². The predicted molar refractivity (Wildman–Crippen MR) is 95.4 cm³/mol. The number of benzene rings is 2. The summed E-state index contributed by atoms with van der Waals surface area (Å²) in [5, 5.41) is 14.5. The van der Waals surface area contributed by atoms with Gasteiger partial charge in [-0.2, -0.15) is 5.26 Å². The lowest BCUT2D eigenvalue weighted by molar-refractivity contribution is 0.0977. The van der Waals surface area contributed by atoms with E-state index in [1.54, 1.807) is 0 Å². The molecule has 0 saturated heterocycles. The topological polar surface area (TPSA) is 64.9 Å². The molecule has 0 bridgehead atoms. The van der Waals surface area contributed by atoms with Gasteiger partial charge in [-0.15, -0.1) is 0 Å². The third kappa shape index (κ3) is 4.90. The zero-order chi connectivity index (χ0) is 16.8. The van der Waals surface area contributed by atoms with Gasteiger partial charge in [-0.05, 0) is 55.9 Å². The van der Waals surface area contributed by atoms with Crippen LogP contribution in [0.5, 0.6) is 0 Å². The summed E-state index contributed by atoms with van der Waals surface area (Å²) >= 11 is 5.17. The standard InChI is InChI=1S/C18H17N3OS/c1-12-9-13(2)11-15(10-12)17(22)21-18(23)20-16-5-3-14(4-6-16)7-8-19/h3-6,9-11H,7H2,1-2H3,(H2,20,21,22,23). The molecule has 0 spiro atoms. The van der Waals surface area contributed by atoms with Crippen molar-refractivity contribution in [2.75, 3.05) is 5.32 Å². The van der Waals surface area contributed by atoms with Crippen molar-refractivity contribution in [1.82, 2.24) is 5.32 Å². The molecule has 0 aromatic heterocycles. The highest BCUT2D eigenvalue weighted by Gasteiger charge is 2.09. The highest BCUT2D eigenvalue weighted by atomic mass is 32.1. The van der Waals surface area contributed by atoms with E-state index >= 15 is 0 Å². The average molecular weight is 323 g/mol. The molecule has 2 N–H and O–H groups in total. The molecule has 0 aliphatic carbocycles. The number of thiocarbonyl (C=S) groups is 1. The van der Waals surface area contributed by atoms with Gasteiger partial charge in [0.15, 0.2) is 5.11 Å². The molecule has 0 saturated carbocycles. The Balaban J connectivity index is 1.98. The summed E-state index contributed by atoms with van der Waals surface area (Å²) in [7, 11) is 0. The van der Waals surface area contributed by atoms with Crippen LogP contribution in [0.1, 0.15) is 27.0 Å². The van der Waals surface area contributed by atoms with Gasteiger partial charge in [-0.3, -0.25) is 10.1 Å². The van der Waals surface area contributed by atoms with Gasteiger partial charge >= 0.3 is 0 Å². The quantitative estimate of drug-likeness (QED) is 0.849. The van der Waals surface area contributed by atoms with E-state index in [1.165, 1.54) is 0 Å². The summed E-state index contributed by atoms with van der Waals surface area (Å²) < 4.78 is 0. The molecule has 116 valence electrons. The van der Waals surface area contributed by atoms with Crippen LogP contribution in [0.15, 0.2) is 42.5 Å². The third-order valence-corrected chi connectivity index (χ3v) is 3.41. The monoisotopic (exact) mass is 323 g/mol. The number of anilines is 1. The SMILES string of the molecule is Cc1cc(C)cc(C(=O)NC(=S)Nc2ccc(CC#N)cc2)c1. The molecule has 0 aliphatic rings. The van der Waals surface area contributed by atoms with E-state index in [1.807, 2.05) is 56.3 Å². The molecule has 0 aliphatic heterocycles. The van der Waals surface area contributed by atoms with Crippen LogP contribution in [0.2, 0.25) is 0 Å². The first-order chi connectivity index (χ1) is 11.0. The van der Waals surface area contributed by atoms with E-state index in [-0.39, 0.29) is 11.0 Å². The van der Waals surface area contributed by atoms with E-state index in [0.29, 0.717) is 12.0 Å². The molecule has 0 atom stereocenters. The Labute approximate surface area is 141 Å². The number of nitrogens with one attached hydrogen (secondary N) is 2. The van der Waals surface area contributed by atoms with E-state index in [9.17, 15) is 4.79 Å². The van der Waals surface area contributed by atoms with Gasteiger partial charge in [0.25, 0.3) is 5.91 Å². The fourth-order valence-corrected chi connectivity index (χ4v) is 2.45. The zero-order valence-electron chi connectivity index (χ0n) is 13.0. The van der Waals surface area contributed by atoms with Crippen LogP contribution in [-0.2, 0) is 6.42 Å². The van der Waals surface area contributed by atoms with Crippen molar-refractivity contribution < 1.29 is 4.79 Å². The van der Waals surface area contributed by atoms with Crippen LogP contribution in [0.3, 0.4) is 0 Å². The van der Waals surface area contributed by atoms with Gasteiger partial charge in [0, 0.05) is 11.3 Å². The van der Waals surface area contributed by atoms with E-state index < -0.39 is 0 Å². The molecule has 23 heavy (non-hydrogen) atoms. The highest BCUT2D eigenvalue weighted by Crippen LogP contribution is 2.11. The van der Waals surface area contributed by atoms with Crippen molar-refractivity contribution >= 4 is 28.9 Å². The lowest BCUT2D eigenvalue weighted by atomic mass is 10.1. The molecule has 5 heteroatoms. The second-order valence-corrected chi connectivity index (χ2v) is 5.72. The van der Waals surface area contributed by atoms with Crippen LogP contribution >= 0.6 is 12.2 Å². The Morgan fingerprint density at radius 3 is 2.30 bits per heavy atom. The van der Waals surface area contributed by atoms with Crippen LogP contribution in [0.25, 0.3) is 0 Å². The molecule has 0 fully saturated rings. The maximum atomic E-state index is 12.2. The Hall–Kier alpha value is -2.71. The van der Waals surface area contributed by atoms with Crippen LogP contribution in [0, 0.1) is 25.2 Å². The number of aryl methyl sites for hydroxylation is 2. The van der Waals surface area contributed by atoms with Crippen molar-refractivity contribution in [3.8, 4) is 6.07 Å². The zero-order valence-corrected chi connectivity index (χ0v) is 13.8. The first-order valence-electron chi connectivity index (χ1n) is 7.14. The lowest BCUT2D eigenvalue weighted by Gasteiger charge is -2.10. The van der Waals surface area contributed by atoms with Crippen LogP contribution in [0.4, 0.5) is 5.69 Å². The number of nitrogens with zero attached hydrogens (tertiary/aromatic N) is 1. The average Bonchev–Trinajstić information content (AvgIpc) is 2.48. The molecule has 1 amide bonds. The molecule has 0 heterocycles. The van der Waals surface area contributed by atoms with Crippen LogP contribution < -0.4 is 10.6 Å². The molecule has 4 nitrogen and oxygen atoms in total. The van der Waals surface area contributed by atoms with Gasteiger partial charge in [0.05, 0.1) is 12.5 Å². The summed E-state index contributed by atoms with van der Waals surface area (Å²) in [6.45, 7) is 3.90. The van der Waals surface area contributed by atoms with E-state index in [2.05, 4.69) is 16.7 Å². The van der Waals surface area contributed by atoms with Gasteiger partial charge in [0.2, 0.25) is 0 Å². The summed E-state index contributed by atoms with van der Waals surface area (Å²) in [6, 6.07) is 15.1. The third-order valence-electron chi connectivity index (χ3n) is 3.21. The van der Waals surface area contributed by atoms with Crippen molar-refractivity contribution in [1.29, 1.82) is 5.26 Å². The van der Waals surface area contributed by atoms with Gasteiger partial charge < -0.3 is 5.32 Å². The summed E-state index contributed by atoms with van der Waals surface area (Å²) in [5.41, 5.74) is 4.33. The predicted octanol–water partition coefficient (Wildman–Crippen LogP) is 3.50. The maximum absolute atomic E-state index is 12.2. The number of nitriles is 1. The van der Waals surface area contributed by atoms with Crippen molar-refractivity contribution in [2.24, 2.45) is 0 Å². The fraction of sp³-hybridized carbons (Fsp3) is 0.167. The second-order valence-electron chi connectivity index (χ2n) is 5.32. The van der Waals surface area contributed by atoms with Crippen molar-refractivity contribution in [2.45, 2.75) is 20.3 Å². The summed E-state index contributed by atoms with van der Waals surface area (Å²) in [6.07, 6.45) is 0.369. The normalized spacial score (nSPS) is 9.78. The minimum Gasteiger partial charge on any atom is -0.332 e. The highest BCUT2D eigenvalue weighted by molar-refractivity contribution is 7.80. The van der Waals surface area contributed by atoms with E-state index in [0.717, 1.165) is 22.4 Å². The van der Waals surface area contributed by atoms with Gasteiger partial charge in [0.1, 0.15) is 0 Å². The Morgan fingerprint density at radius 2 is 1.74 bits per heavy atom. The number of carbonyl (C=O) groups excluding carboxylic acids is 1. The number of hydrogen-bond donors (Lipinski definition) is 2. The molecule has 2 aromatic rings. The molecular weight excluding hydrogens is 306 g/mol. The second kappa shape index (κ2) is 7.52. The molecular formula is C18H17N3OS. The molecule has 0 unspecified atom stereocenters. The first-order valence-corrected chi connectivity index (χ1v) is 7.55. The lowest BCUT2D eigenvalue weighted by Crippen LogP contribution is -2.34. The largest absolute Gasteiger partial charge is 0.332 e. The minimum atomic E-state index is -0.240. The van der Waals surface area contributed by atoms with Gasteiger partial charge in [-0.1, -0.05) is 29.3 Å². The smallest absolute Gasteiger partial charge is 0.257 e. The van der Waals surface area contributed by atoms with E-state index in [4.69, 9.17) is 17.5 Å². The number of amides is 1.